The molecule has 1 aliphatic carbocycles. The SMILES string of the molecule is Cc1csc(C(=O)O)c1S(=O)(=O)NC1CC1(C)C. The zero-order chi connectivity index (χ0) is 13.7. The highest BCUT2D eigenvalue weighted by Gasteiger charge is 2.48. The van der Waals surface area contributed by atoms with Crippen molar-refractivity contribution in [3.63, 3.8) is 0 Å². The molecule has 2 N–H and O–H groups in total. The molecule has 1 heterocycles. The van der Waals surface area contributed by atoms with E-state index < -0.39 is 16.0 Å². The summed E-state index contributed by atoms with van der Waals surface area (Å²) in [6, 6.07) is -0.108. The lowest BCUT2D eigenvalue weighted by Crippen LogP contribution is -2.29. The van der Waals surface area contributed by atoms with Crippen LogP contribution in [-0.4, -0.2) is 25.5 Å². The number of nitrogens with one attached hydrogen (secondary N) is 1. The number of aryl methyl sites for hydroxylation is 1. The van der Waals surface area contributed by atoms with Crippen molar-refractivity contribution in [2.45, 2.75) is 38.1 Å². The molecule has 1 unspecified atom stereocenters. The molecule has 7 heteroatoms. The summed E-state index contributed by atoms with van der Waals surface area (Å²) < 4.78 is 27.0. The summed E-state index contributed by atoms with van der Waals surface area (Å²) in [5.74, 6) is -1.21. The van der Waals surface area contributed by atoms with Crippen molar-refractivity contribution in [3.8, 4) is 0 Å². The molecule has 1 atom stereocenters. The first kappa shape index (κ1) is 13.5. The van der Waals surface area contributed by atoms with Crippen molar-refractivity contribution in [1.29, 1.82) is 0 Å². The third-order valence-electron chi connectivity index (χ3n) is 3.19. The molecule has 1 aliphatic rings. The highest BCUT2D eigenvalue weighted by molar-refractivity contribution is 7.89. The first-order chi connectivity index (χ1) is 8.15. The summed E-state index contributed by atoms with van der Waals surface area (Å²) in [5.41, 5.74) is 0.434. The van der Waals surface area contributed by atoms with E-state index in [1.807, 2.05) is 13.8 Å². The van der Waals surface area contributed by atoms with E-state index in [1.54, 1.807) is 12.3 Å². The molecule has 0 bridgehead atoms. The minimum Gasteiger partial charge on any atom is -0.477 e. The van der Waals surface area contributed by atoms with Gasteiger partial charge in [-0.1, -0.05) is 13.8 Å². The molecule has 1 fully saturated rings. The molecule has 0 amide bonds. The van der Waals surface area contributed by atoms with Gasteiger partial charge in [-0.15, -0.1) is 11.3 Å². The van der Waals surface area contributed by atoms with Gasteiger partial charge in [0.05, 0.1) is 0 Å². The van der Waals surface area contributed by atoms with E-state index in [4.69, 9.17) is 5.11 Å². The van der Waals surface area contributed by atoms with Crippen LogP contribution in [0.1, 0.15) is 35.5 Å². The van der Waals surface area contributed by atoms with Crippen LogP contribution < -0.4 is 4.72 Å². The smallest absolute Gasteiger partial charge is 0.347 e. The Morgan fingerprint density at radius 1 is 1.56 bits per heavy atom. The minimum absolute atomic E-state index is 0.0413. The number of hydrogen-bond acceptors (Lipinski definition) is 4. The second kappa shape index (κ2) is 4.04. The summed E-state index contributed by atoms with van der Waals surface area (Å²) in [6.45, 7) is 5.55. The molecule has 0 saturated heterocycles. The van der Waals surface area contributed by atoms with E-state index in [0.29, 0.717) is 5.56 Å². The monoisotopic (exact) mass is 289 g/mol. The molecule has 2 rings (SSSR count). The fourth-order valence-electron chi connectivity index (χ4n) is 1.83. The number of carboxylic acids is 1. The van der Waals surface area contributed by atoms with Crippen LogP contribution in [0.3, 0.4) is 0 Å². The van der Waals surface area contributed by atoms with Gasteiger partial charge in [0, 0.05) is 6.04 Å². The van der Waals surface area contributed by atoms with Crippen LogP contribution in [0, 0.1) is 12.3 Å². The average Bonchev–Trinajstić information content (AvgIpc) is 2.63. The Labute approximate surface area is 110 Å². The van der Waals surface area contributed by atoms with Crippen molar-refractivity contribution < 1.29 is 18.3 Å². The van der Waals surface area contributed by atoms with E-state index >= 15 is 0 Å². The maximum Gasteiger partial charge on any atom is 0.347 e. The fraction of sp³-hybridized carbons (Fsp3) is 0.545. The fourth-order valence-corrected chi connectivity index (χ4v) is 4.87. The van der Waals surface area contributed by atoms with E-state index in [2.05, 4.69) is 4.72 Å². The summed E-state index contributed by atoms with van der Waals surface area (Å²) in [7, 11) is -3.75. The van der Waals surface area contributed by atoms with Gasteiger partial charge >= 0.3 is 5.97 Å². The van der Waals surface area contributed by atoms with Crippen LogP contribution in [0.15, 0.2) is 10.3 Å². The zero-order valence-corrected chi connectivity index (χ0v) is 12.0. The topological polar surface area (TPSA) is 83.5 Å². The maximum atomic E-state index is 12.2. The summed E-state index contributed by atoms with van der Waals surface area (Å²) in [6.07, 6.45) is 0.776. The van der Waals surface area contributed by atoms with Crippen LogP contribution in [0.25, 0.3) is 0 Å². The third-order valence-corrected chi connectivity index (χ3v) is 6.07. The molecule has 5 nitrogen and oxygen atoms in total. The molecule has 100 valence electrons. The van der Waals surface area contributed by atoms with Crippen LogP contribution in [0.2, 0.25) is 0 Å². The van der Waals surface area contributed by atoms with Gasteiger partial charge < -0.3 is 5.11 Å². The van der Waals surface area contributed by atoms with Crippen LogP contribution in [0.5, 0.6) is 0 Å². The predicted molar refractivity (Wildman–Crippen MR) is 68.5 cm³/mol. The molecule has 0 spiro atoms. The second-order valence-corrected chi connectivity index (χ2v) is 7.78. The Morgan fingerprint density at radius 2 is 2.11 bits per heavy atom. The van der Waals surface area contributed by atoms with Crippen molar-refractivity contribution in [3.05, 3.63) is 15.8 Å². The number of rotatable bonds is 4. The van der Waals surface area contributed by atoms with Crippen LogP contribution in [-0.2, 0) is 10.0 Å². The van der Waals surface area contributed by atoms with Crippen molar-refractivity contribution in [2.75, 3.05) is 0 Å². The number of carboxylic acid groups (broad SMARTS) is 1. The van der Waals surface area contributed by atoms with Crippen molar-refractivity contribution in [1.82, 2.24) is 4.72 Å². The van der Waals surface area contributed by atoms with E-state index in [0.717, 1.165) is 17.8 Å². The molecular weight excluding hydrogens is 274 g/mol. The first-order valence-corrected chi connectivity index (χ1v) is 7.85. The predicted octanol–water partition coefficient (Wildman–Crippen LogP) is 1.83. The quantitative estimate of drug-likeness (QED) is 0.885. The number of carbonyl (C=O) groups is 1. The van der Waals surface area contributed by atoms with Gasteiger partial charge in [0.25, 0.3) is 0 Å². The van der Waals surface area contributed by atoms with Gasteiger partial charge in [0.1, 0.15) is 9.77 Å². The molecule has 0 aliphatic heterocycles. The molecule has 1 aromatic heterocycles. The average molecular weight is 289 g/mol. The molecule has 18 heavy (non-hydrogen) atoms. The molecule has 0 aromatic carbocycles. The lowest BCUT2D eigenvalue weighted by Gasteiger charge is -2.09. The van der Waals surface area contributed by atoms with Gasteiger partial charge in [-0.25, -0.2) is 17.9 Å². The van der Waals surface area contributed by atoms with Gasteiger partial charge in [0.15, 0.2) is 0 Å². The molecule has 1 aromatic rings. The summed E-state index contributed by atoms with van der Waals surface area (Å²) in [5, 5.41) is 10.6. The third kappa shape index (κ3) is 2.30. The number of aromatic carboxylic acids is 1. The van der Waals surface area contributed by atoms with E-state index in [-0.39, 0.29) is 21.2 Å². The summed E-state index contributed by atoms with van der Waals surface area (Å²) >= 11 is 0.940. The summed E-state index contributed by atoms with van der Waals surface area (Å²) in [4.78, 5) is 10.8. The first-order valence-electron chi connectivity index (χ1n) is 5.49. The van der Waals surface area contributed by atoms with Crippen molar-refractivity contribution >= 4 is 27.3 Å². The normalized spacial score (nSPS) is 21.8. The highest BCUT2D eigenvalue weighted by atomic mass is 32.2. The second-order valence-electron chi connectivity index (χ2n) is 5.25. The molecular formula is C11H15NO4S2. The lowest BCUT2D eigenvalue weighted by atomic mass is 10.2. The number of hydrogen-bond donors (Lipinski definition) is 2. The number of thiophene rings is 1. The van der Waals surface area contributed by atoms with Gasteiger partial charge in [-0.3, -0.25) is 0 Å². The van der Waals surface area contributed by atoms with Crippen LogP contribution >= 0.6 is 11.3 Å². The zero-order valence-electron chi connectivity index (χ0n) is 10.4. The molecule has 1 saturated carbocycles. The largest absolute Gasteiger partial charge is 0.477 e. The molecule has 0 radical (unpaired) electrons. The van der Waals surface area contributed by atoms with Gasteiger partial charge in [-0.2, -0.15) is 0 Å². The Hall–Kier alpha value is -0.920. The highest BCUT2D eigenvalue weighted by Crippen LogP contribution is 2.45. The minimum atomic E-state index is -3.75. The standard InChI is InChI=1S/C11H15NO4S2/c1-6-5-17-8(10(13)14)9(6)18(15,16)12-7-4-11(7,2)3/h5,7,12H,4H2,1-3H3,(H,13,14). The Balaban J connectivity index is 2.36. The number of sulfonamides is 1. The van der Waals surface area contributed by atoms with Gasteiger partial charge in [-0.05, 0) is 29.7 Å². The Bertz CT molecular complexity index is 601. The maximum absolute atomic E-state index is 12.2. The van der Waals surface area contributed by atoms with Crippen molar-refractivity contribution in [2.24, 2.45) is 5.41 Å². The van der Waals surface area contributed by atoms with E-state index in [1.165, 1.54) is 0 Å². The van der Waals surface area contributed by atoms with E-state index in [9.17, 15) is 13.2 Å². The lowest BCUT2D eigenvalue weighted by molar-refractivity contribution is 0.0698. The van der Waals surface area contributed by atoms with Gasteiger partial charge in [0.2, 0.25) is 10.0 Å². The van der Waals surface area contributed by atoms with Crippen LogP contribution in [0.4, 0.5) is 0 Å². The Morgan fingerprint density at radius 3 is 2.56 bits per heavy atom. The Kier molecular flexibility index (Phi) is 3.03.